The van der Waals surface area contributed by atoms with Crippen LogP contribution in [0, 0.1) is 6.92 Å². The number of nitrogens with zero attached hydrogens (tertiary/aromatic N) is 3. The number of rotatable bonds is 3. The average Bonchev–Trinajstić information content (AvgIpc) is 3.01. The molecule has 5 heteroatoms. The summed E-state index contributed by atoms with van der Waals surface area (Å²) in [7, 11) is 1.80. The van der Waals surface area contributed by atoms with E-state index >= 15 is 0 Å². The van der Waals surface area contributed by atoms with Crippen molar-refractivity contribution in [1.29, 1.82) is 0 Å². The van der Waals surface area contributed by atoms with Crippen LogP contribution in [0.2, 0.25) is 0 Å². The minimum atomic E-state index is 0.394. The van der Waals surface area contributed by atoms with Crippen molar-refractivity contribution < 1.29 is 4.74 Å². The van der Waals surface area contributed by atoms with Crippen molar-refractivity contribution in [2.75, 3.05) is 25.1 Å². The zero-order valence-corrected chi connectivity index (χ0v) is 12.7. The van der Waals surface area contributed by atoms with Crippen LogP contribution in [0.25, 0.3) is 10.7 Å². The molecule has 1 aliphatic rings. The molecule has 0 radical (unpaired) electrons. The predicted octanol–water partition coefficient (Wildman–Crippen LogP) is 3.13. The molecule has 0 aromatic carbocycles. The predicted molar refractivity (Wildman–Crippen MR) is 82.3 cm³/mol. The number of aromatic nitrogens is 2. The first kappa shape index (κ1) is 13.5. The van der Waals surface area contributed by atoms with Gasteiger partial charge in [0, 0.05) is 32.0 Å². The van der Waals surface area contributed by atoms with Crippen molar-refractivity contribution in [3.8, 4) is 10.7 Å². The molecule has 106 valence electrons. The topological polar surface area (TPSA) is 38.2 Å². The van der Waals surface area contributed by atoms with E-state index in [2.05, 4.69) is 27.4 Å². The Morgan fingerprint density at radius 1 is 1.30 bits per heavy atom. The molecule has 1 fully saturated rings. The highest BCUT2D eigenvalue weighted by Gasteiger charge is 2.20. The fourth-order valence-corrected chi connectivity index (χ4v) is 3.21. The lowest BCUT2D eigenvalue weighted by Crippen LogP contribution is -2.37. The number of thiophene rings is 1. The van der Waals surface area contributed by atoms with Crippen LogP contribution in [0.15, 0.2) is 23.6 Å². The third-order valence-electron chi connectivity index (χ3n) is 3.68. The quantitative estimate of drug-likeness (QED) is 0.870. The molecule has 2 aromatic rings. The maximum absolute atomic E-state index is 5.42. The molecule has 0 N–H and O–H groups in total. The third kappa shape index (κ3) is 2.83. The van der Waals surface area contributed by atoms with E-state index in [1.54, 1.807) is 18.4 Å². The summed E-state index contributed by atoms with van der Waals surface area (Å²) >= 11 is 1.68. The molecule has 0 spiro atoms. The molecule has 4 nitrogen and oxygen atoms in total. The highest BCUT2D eigenvalue weighted by molar-refractivity contribution is 7.13. The third-order valence-corrected chi connectivity index (χ3v) is 4.55. The lowest BCUT2D eigenvalue weighted by atomic mass is 10.1. The molecule has 0 unspecified atom stereocenters. The normalized spacial score (nSPS) is 16.6. The van der Waals surface area contributed by atoms with Crippen LogP contribution in [0.1, 0.15) is 18.5 Å². The minimum absolute atomic E-state index is 0.394. The van der Waals surface area contributed by atoms with Crippen LogP contribution in [0.4, 0.5) is 5.82 Å². The Kier molecular flexibility index (Phi) is 3.98. The summed E-state index contributed by atoms with van der Waals surface area (Å²) in [5.41, 5.74) is 1.02. The van der Waals surface area contributed by atoms with Crippen molar-refractivity contribution in [2.45, 2.75) is 25.9 Å². The first-order chi connectivity index (χ1) is 9.76. The number of anilines is 1. The SMILES string of the molecule is COC1CCN(c2cc(C)nc(-c3cccs3)n2)CC1. The van der Waals surface area contributed by atoms with Crippen LogP contribution >= 0.6 is 11.3 Å². The fourth-order valence-electron chi connectivity index (χ4n) is 2.55. The van der Waals surface area contributed by atoms with Crippen molar-refractivity contribution in [3.63, 3.8) is 0 Å². The summed E-state index contributed by atoms with van der Waals surface area (Å²) < 4.78 is 5.42. The largest absolute Gasteiger partial charge is 0.381 e. The molecule has 1 saturated heterocycles. The highest BCUT2D eigenvalue weighted by atomic mass is 32.1. The molecule has 0 bridgehead atoms. The second kappa shape index (κ2) is 5.89. The van der Waals surface area contributed by atoms with Crippen LogP contribution < -0.4 is 4.90 Å². The summed E-state index contributed by atoms with van der Waals surface area (Å²) in [4.78, 5) is 12.7. The van der Waals surface area contributed by atoms with Gasteiger partial charge in [-0.15, -0.1) is 11.3 Å². The second-order valence-electron chi connectivity index (χ2n) is 5.09. The smallest absolute Gasteiger partial charge is 0.171 e. The molecule has 1 aliphatic heterocycles. The van der Waals surface area contributed by atoms with Gasteiger partial charge in [-0.05, 0) is 31.2 Å². The van der Waals surface area contributed by atoms with Gasteiger partial charge in [0.25, 0.3) is 0 Å². The zero-order chi connectivity index (χ0) is 13.9. The summed E-state index contributed by atoms with van der Waals surface area (Å²) in [5.74, 6) is 1.87. The fraction of sp³-hybridized carbons (Fsp3) is 0.467. The van der Waals surface area contributed by atoms with E-state index in [-0.39, 0.29) is 0 Å². The second-order valence-corrected chi connectivity index (χ2v) is 6.04. The number of hydrogen-bond donors (Lipinski definition) is 0. The van der Waals surface area contributed by atoms with Crippen LogP contribution in [0.3, 0.4) is 0 Å². The van der Waals surface area contributed by atoms with E-state index in [1.165, 1.54) is 0 Å². The maximum Gasteiger partial charge on any atom is 0.171 e. The first-order valence-corrected chi connectivity index (χ1v) is 7.81. The molecule has 20 heavy (non-hydrogen) atoms. The zero-order valence-electron chi connectivity index (χ0n) is 11.9. The van der Waals surface area contributed by atoms with Gasteiger partial charge in [0.2, 0.25) is 0 Å². The van der Waals surface area contributed by atoms with Crippen molar-refractivity contribution in [2.24, 2.45) is 0 Å². The Labute approximate surface area is 123 Å². The molecular formula is C15H19N3OS. The minimum Gasteiger partial charge on any atom is -0.381 e. The molecule has 0 aliphatic carbocycles. The van der Waals surface area contributed by atoms with E-state index in [9.17, 15) is 0 Å². The van der Waals surface area contributed by atoms with Gasteiger partial charge in [-0.2, -0.15) is 0 Å². The van der Waals surface area contributed by atoms with Gasteiger partial charge in [-0.1, -0.05) is 6.07 Å². The summed E-state index contributed by atoms with van der Waals surface area (Å²) in [6.45, 7) is 4.03. The van der Waals surface area contributed by atoms with Gasteiger partial charge in [0.15, 0.2) is 5.82 Å². The number of piperidine rings is 1. The van der Waals surface area contributed by atoms with E-state index in [0.29, 0.717) is 6.10 Å². The summed E-state index contributed by atoms with van der Waals surface area (Å²) in [5, 5.41) is 2.06. The van der Waals surface area contributed by atoms with Crippen LogP contribution in [-0.4, -0.2) is 36.3 Å². The van der Waals surface area contributed by atoms with E-state index in [4.69, 9.17) is 9.72 Å². The van der Waals surface area contributed by atoms with Crippen molar-refractivity contribution in [3.05, 3.63) is 29.3 Å². The van der Waals surface area contributed by atoms with Crippen molar-refractivity contribution in [1.82, 2.24) is 9.97 Å². The highest BCUT2D eigenvalue weighted by Crippen LogP contribution is 2.25. The summed E-state index contributed by atoms with van der Waals surface area (Å²) in [6, 6.07) is 6.18. The standard InChI is InChI=1S/C15H19N3OS/c1-11-10-14(18-7-5-12(19-2)6-8-18)17-15(16-11)13-4-3-9-20-13/h3-4,9-10,12H,5-8H2,1-2H3. The lowest BCUT2D eigenvalue weighted by molar-refractivity contribution is 0.0818. The Morgan fingerprint density at radius 2 is 2.10 bits per heavy atom. The average molecular weight is 289 g/mol. The van der Waals surface area contributed by atoms with Crippen LogP contribution in [-0.2, 0) is 4.74 Å². The Morgan fingerprint density at radius 3 is 2.75 bits per heavy atom. The van der Waals surface area contributed by atoms with Gasteiger partial charge in [0.1, 0.15) is 5.82 Å². The van der Waals surface area contributed by atoms with Gasteiger partial charge in [-0.25, -0.2) is 9.97 Å². The van der Waals surface area contributed by atoms with Gasteiger partial charge in [-0.3, -0.25) is 0 Å². The molecule has 3 rings (SSSR count). The molecular weight excluding hydrogens is 270 g/mol. The first-order valence-electron chi connectivity index (χ1n) is 6.93. The lowest BCUT2D eigenvalue weighted by Gasteiger charge is -2.32. The van der Waals surface area contributed by atoms with Gasteiger partial charge >= 0.3 is 0 Å². The number of hydrogen-bond acceptors (Lipinski definition) is 5. The summed E-state index contributed by atoms with van der Waals surface area (Å²) in [6.07, 6.45) is 2.52. The van der Waals surface area contributed by atoms with E-state index < -0.39 is 0 Å². The molecule has 3 heterocycles. The molecule has 2 aromatic heterocycles. The Hall–Kier alpha value is -1.46. The Balaban J connectivity index is 1.83. The van der Waals surface area contributed by atoms with E-state index in [0.717, 1.165) is 48.1 Å². The Bertz CT molecular complexity index is 563. The van der Waals surface area contributed by atoms with Crippen LogP contribution in [0.5, 0.6) is 0 Å². The number of ether oxygens (including phenoxy) is 1. The van der Waals surface area contributed by atoms with Crippen molar-refractivity contribution >= 4 is 17.2 Å². The molecule has 0 saturated carbocycles. The number of aryl methyl sites for hydroxylation is 1. The van der Waals surface area contributed by atoms with Gasteiger partial charge < -0.3 is 9.64 Å². The molecule has 0 atom stereocenters. The monoisotopic (exact) mass is 289 g/mol. The van der Waals surface area contributed by atoms with Gasteiger partial charge in [0.05, 0.1) is 11.0 Å². The number of methoxy groups -OCH3 is 1. The molecule has 0 amide bonds. The maximum atomic E-state index is 5.42. The van der Waals surface area contributed by atoms with E-state index in [1.807, 2.05) is 13.0 Å².